The number of aromatic nitrogens is 2. The number of methoxy groups -OCH3 is 1. The summed E-state index contributed by atoms with van der Waals surface area (Å²) < 4.78 is 6.99. The molecule has 0 saturated heterocycles. The Morgan fingerprint density at radius 3 is 2.83 bits per heavy atom. The molecular formula is C12H13N3O3. The van der Waals surface area contributed by atoms with Gasteiger partial charge in [-0.15, -0.1) is 0 Å². The number of aryl methyl sites for hydroxylation is 1. The molecule has 0 unspecified atom stereocenters. The van der Waals surface area contributed by atoms with Gasteiger partial charge in [0, 0.05) is 25.0 Å². The molecule has 0 fully saturated rings. The summed E-state index contributed by atoms with van der Waals surface area (Å²) in [5, 5.41) is 10.8. The average molecular weight is 247 g/mol. The number of imidazole rings is 1. The number of benzene rings is 1. The lowest BCUT2D eigenvalue weighted by Gasteiger charge is -2.07. The summed E-state index contributed by atoms with van der Waals surface area (Å²) in [6.07, 6.45) is 3.58. The number of rotatable bonds is 4. The van der Waals surface area contributed by atoms with E-state index < -0.39 is 4.92 Å². The summed E-state index contributed by atoms with van der Waals surface area (Å²) in [6, 6.07) is 4.86. The molecule has 2 aromatic rings. The molecule has 6 nitrogen and oxygen atoms in total. The Hall–Kier alpha value is -2.37. The molecule has 6 heteroatoms. The zero-order valence-corrected chi connectivity index (χ0v) is 10.2. The normalized spacial score (nSPS) is 10.3. The van der Waals surface area contributed by atoms with Gasteiger partial charge in [0.2, 0.25) is 0 Å². The number of ether oxygens (including phenoxy) is 1. The van der Waals surface area contributed by atoms with Crippen LogP contribution in [0.4, 0.5) is 5.69 Å². The summed E-state index contributed by atoms with van der Waals surface area (Å²) in [5.41, 5.74) is 0.905. The Morgan fingerprint density at radius 1 is 1.50 bits per heavy atom. The van der Waals surface area contributed by atoms with E-state index in [0.717, 1.165) is 11.4 Å². The maximum Gasteiger partial charge on any atom is 0.310 e. The van der Waals surface area contributed by atoms with Gasteiger partial charge in [-0.2, -0.15) is 0 Å². The minimum absolute atomic E-state index is 0.0244. The molecule has 0 spiro atoms. The van der Waals surface area contributed by atoms with Gasteiger partial charge in [-0.25, -0.2) is 4.98 Å². The number of nitro benzene ring substituents is 1. The minimum atomic E-state index is -0.453. The number of hydrogen-bond acceptors (Lipinski definition) is 4. The van der Waals surface area contributed by atoms with Gasteiger partial charge in [0.25, 0.3) is 0 Å². The van der Waals surface area contributed by atoms with Crippen LogP contribution in [-0.2, 0) is 6.54 Å². The molecule has 2 rings (SSSR count). The SMILES string of the molecule is COc1cc(Cn2ccnc2C)ccc1[N+](=O)[O-]. The fraction of sp³-hybridized carbons (Fsp3) is 0.250. The predicted molar refractivity (Wildman–Crippen MR) is 65.7 cm³/mol. The van der Waals surface area contributed by atoms with E-state index in [0.29, 0.717) is 6.54 Å². The third-order valence-electron chi connectivity index (χ3n) is 2.72. The molecule has 94 valence electrons. The molecule has 0 amide bonds. The second-order valence-corrected chi connectivity index (χ2v) is 3.87. The van der Waals surface area contributed by atoms with Crippen LogP contribution in [0.25, 0.3) is 0 Å². The van der Waals surface area contributed by atoms with E-state index in [-0.39, 0.29) is 11.4 Å². The van der Waals surface area contributed by atoms with E-state index in [2.05, 4.69) is 4.98 Å². The van der Waals surface area contributed by atoms with Crippen molar-refractivity contribution >= 4 is 5.69 Å². The Balaban J connectivity index is 2.30. The molecule has 0 aliphatic rings. The number of hydrogen-bond donors (Lipinski definition) is 0. The zero-order valence-electron chi connectivity index (χ0n) is 10.2. The van der Waals surface area contributed by atoms with Crippen LogP contribution in [0.2, 0.25) is 0 Å². The lowest BCUT2D eigenvalue weighted by molar-refractivity contribution is -0.385. The summed E-state index contributed by atoms with van der Waals surface area (Å²) in [4.78, 5) is 14.4. The molecule has 0 radical (unpaired) electrons. The van der Waals surface area contributed by atoms with Crippen LogP contribution < -0.4 is 4.74 Å². The predicted octanol–water partition coefficient (Wildman–Crippen LogP) is 2.16. The van der Waals surface area contributed by atoms with Crippen molar-refractivity contribution in [3.8, 4) is 5.75 Å². The van der Waals surface area contributed by atoms with Crippen molar-refractivity contribution in [1.29, 1.82) is 0 Å². The molecule has 0 aliphatic heterocycles. The Morgan fingerprint density at radius 2 is 2.28 bits per heavy atom. The first-order valence-electron chi connectivity index (χ1n) is 5.41. The van der Waals surface area contributed by atoms with Crippen molar-refractivity contribution in [3.05, 3.63) is 52.1 Å². The van der Waals surface area contributed by atoms with Gasteiger partial charge < -0.3 is 9.30 Å². The van der Waals surface area contributed by atoms with E-state index in [9.17, 15) is 10.1 Å². The van der Waals surface area contributed by atoms with Crippen molar-refractivity contribution in [2.45, 2.75) is 13.5 Å². The first-order valence-corrected chi connectivity index (χ1v) is 5.41. The van der Waals surface area contributed by atoms with Crippen LogP contribution in [-0.4, -0.2) is 21.6 Å². The van der Waals surface area contributed by atoms with Crippen molar-refractivity contribution < 1.29 is 9.66 Å². The second-order valence-electron chi connectivity index (χ2n) is 3.87. The first kappa shape index (κ1) is 12.1. The molecule has 0 N–H and O–H groups in total. The van der Waals surface area contributed by atoms with E-state index in [1.165, 1.54) is 13.2 Å². The highest BCUT2D eigenvalue weighted by Gasteiger charge is 2.14. The summed E-state index contributed by atoms with van der Waals surface area (Å²) >= 11 is 0. The molecule has 18 heavy (non-hydrogen) atoms. The van der Waals surface area contributed by atoms with Crippen LogP contribution in [0, 0.1) is 17.0 Å². The van der Waals surface area contributed by atoms with Crippen LogP contribution in [0.15, 0.2) is 30.6 Å². The van der Waals surface area contributed by atoms with E-state index in [4.69, 9.17) is 4.74 Å². The quantitative estimate of drug-likeness (QED) is 0.613. The second kappa shape index (κ2) is 4.87. The topological polar surface area (TPSA) is 70.2 Å². The van der Waals surface area contributed by atoms with Crippen molar-refractivity contribution in [1.82, 2.24) is 9.55 Å². The van der Waals surface area contributed by atoms with Gasteiger partial charge in [0.1, 0.15) is 5.82 Å². The van der Waals surface area contributed by atoms with E-state index >= 15 is 0 Å². The van der Waals surface area contributed by atoms with Crippen LogP contribution in [0.5, 0.6) is 5.75 Å². The average Bonchev–Trinajstić information content (AvgIpc) is 2.74. The van der Waals surface area contributed by atoms with Gasteiger partial charge in [-0.3, -0.25) is 10.1 Å². The highest BCUT2D eigenvalue weighted by Crippen LogP contribution is 2.27. The lowest BCUT2D eigenvalue weighted by Crippen LogP contribution is -2.02. The van der Waals surface area contributed by atoms with Crippen molar-refractivity contribution in [2.75, 3.05) is 7.11 Å². The molecule has 0 atom stereocenters. The van der Waals surface area contributed by atoms with Crippen LogP contribution in [0.3, 0.4) is 0 Å². The highest BCUT2D eigenvalue weighted by atomic mass is 16.6. The van der Waals surface area contributed by atoms with E-state index in [1.54, 1.807) is 18.3 Å². The summed E-state index contributed by atoms with van der Waals surface area (Å²) in [6.45, 7) is 2.52. The minimum Gasteiger partial charge on any atom is -0.490 e. The van der Waals surface area contributed by atoms with Gasteiger partial charge in [0.15, 0.2) is 5.75 Å². The largest absolute Gasteiger partial charge is 0.490 e. The van der Waals surface area contributed by atoms with Crippen LogP contribution in [0.1, 0.15) is 11.4 Å². The first-order chi connectivity index (χ1) is 8.61. The molecule has 1 aromatic carbocycles. The van der Waals surface area contributed by atoms with Gasteiger partial charge in [-0.05, 0) is 18.6 Å². The van der Waals surface area contributed by atoms with Gasteiger partial charge in [-0.1, -0.05) is 6.07 Å². The Kier molecular flexibility index (Phi) is 3.27. The Bertz CT molecular complexity index is 578. The van der Waals surface area contributed by atoms with Crippen LogP contribution >= 0.6 is 0 Å². The number of nitro groups is 1. The molecule has 0 bridgehead atoms. The number of nitrogens with zero attached hydrogens (tertiary/aromatic N) is 3. The standard InChI is InChI=1S/C12H13N3O3/c1-9-13-5-6-14(9)8-10-3-4-11(15(16)17)12(7-10)18-2/h3-7H,8H2,1-2H3. The van der Waals surface area contributed by atoms with Crippen molar-refractivity contribution in [3.63, 3.8) is 0 Å². The molecule has 1 aromatic heterocycles. The van der Waals surface area contributed by atoms with Gasteiger partial charge >= 0.3 is 5.69 Å². The third kappa shape index (κ3) is 2.32. The van der Waals surface area contributed by atoms with Crippen molar-refractivity contribution in [2.24, 2.45) is 0 Å². The maximum absolute atomic E-state index is 10.8. The van der Waals surface area contributed by atoms with E-state index in [1.807, 2.05) is 17.7 Å². The molecule has 1 heterocycles. The third-order valence-corrected chi connectivity index (χ3v) is 2.72. The lowest BCUT2D eigenvalue weighted by atomic mass is 10.2. The molecular weight excluding hydrogens is 234 g/mol. The zero-order chi connectivity index (χ0) is 13.1. The molecule has 0 aliphatic carbocycles. The fourth-order valence-electron chi connectivity index (χ4n) is 1.74. The summed E-state index contributed by atoms with van der Waals surface area (Å²) in [7, 11) is 1.43. The summed E-state index contributed by atoms with van der Waals surface area (Å²) in [5.74, 6) is 1.17. The smallest absolute Gasteiger partial charge is 0.310 e. The fourth-order valence-corrected chi connectivity index (χ4v) is 1.74. The highest BCUT2D eigenvalue weighted by molar-refractivity contribution is 5.48. The monoisotopic (exact) mass is 247 g/mol. The molecule has 0 saturated carbocycles. The van der Waals surface area contributed by atoms with Gasteiger partial charge in [0.05, 0.1) is 12.0 Å². The Labute approximate surface area is 104 Å². The maximum atomic E-state index is 10.8.